The first-order valence-corrected chi connectivity index (χ1v) is 8.64. The second-order valence-corrected chi connectivity index (χ2v) is 7.06. The molecule has 0 radical (unpaired) electrons. The number of hydrogen-bond acceptors (Lipinski definition) is 5. The number of nitrogens with zero attached hydrogens (tertiary/aromatic N) is 4. The predicted octanol–water partition coefficient (Wildman–Crippen LogP) is 2.36. The number of hydrogen-bond donors (Lipinski definition) is 0. The van der Waals surface area contributed by atoms with Gasteiger partial charge in [0.2, 0.25) is 0 Å². The molecule has 1 amide bonds. The van der Waals surface area contributed by atoms with Crippen molar-refractivity contribution in [2.45, 2.75) is 38.5 Å². The van der Waals surface area contributed by atoms with Crippen molar-refractivity contribution in [3.8, 4) is 0 Å². The van der Waals surface area contributed by atoms with Gasteiger partial charge in [-0.2, -0.15) is 0 Å². The minimum absolute atomic E-state index is 0.0399. The van der Waals surface area contributed by atoms with Crippen LogP contribution in [0.25, 0.3) is 0 Å². The van der Waals surface area contributed by atoms with Crippen LogP contribution in [0.3, 0.4) is 0 Å². The molecule has 2 aliphatic rings. The Bertz CT molecular complexity index is 723. The van der Waals surface area contributed by atoms with E-state index in [2.05, 4.69) is 15.0 Å². The van der Waals surface area contributed by atoms with E-state index < -0.39 is 0 Å². The fourth-order valence-corrected chi connectivity index (χ4v) is 3.67. The summed E-state index contributed by atoms with van der Waals surface area (Å²) in [6, 6.07) is 0. The van der Waals surface area contributed by atoms with Gasteiger partial charge in [0, 0.05) is 36.5 Å². The van der Waals surface area contributed by atoms with Crippen LogP contribution >= 0.6 is 11.3 Å². The van der Waals surface area contributed by atoms with Crippen LogP contribution in [0.4, 0.5) is 0 Å². The van der Waals surface area contributed by atoms with Crippen LogP contribution in [-0.4, -0.2) is 38.8 Å². The number of aryl methyl sites for hydroxylation is 1. The monoisotopic (exact) mass is 314 g/mol. The highest BCUT2D eigenvalue weighted by Gasteiger charge is 2.31. The third kappa shape index (κ3) is 2.52. The molecule has 4 rings (SSSR count). The van der Waals surface area contributed by atoms with Crippen molar-refractivity contribution in [3.05, 3.63) is 39.4 Å². The zero-order chi connectivity index (χ0) is 15.1. The van der Waals surface area contributed by atoms with E-state index in [1.54, 1.807) is 6.33 Å². The average molecular weight is 314 g/mol. The van der Waals surface area contributed by atoms with E-state index in [0.717, 1.165) is 30.1 Å². The van der Waals surface area contributed by atoms with Crippen molar-refractivity contribution in [1.29, 1.82) is 0 Å². The molecule has 0 spiro atoms. The Balaban J connectivity index is 1.56. The zero-order valence-corrected chi connectivity index (χ0v) is 13.4. The van der Waals surface area contributed by atoms with Crippen molar-refractivity contribution in [2.24, 2.45) is 0 Å². The lowest BCUT2D eigenvalue weighted by Crippen LogP contribution is -2.33. The van der Waals surface area contributed by atoms with E-state index in [1.165, 1.54) is 35.4 Å². The highest BCUT2D eigenvalue weighted by molar-refractivity contribution is 7.09. The lowest BCUT2D eigenvalue weighted by molar-refractivity contribution is 0.0757. The van der Waals surface area contributed by atoms with E-state index in [1.807, 2.05) is 17.2 Å². The smallest absolute Gasteiger partial charge is 0.273 e. The molecule has 0 bridgehead atoms. The molecule has 22 heavy (non-hydrogen) atoms. The lowest BCUT2D eigenvalue weighted by Gasteiger charge is -2.18. The number of carbonyl (C=O) groups is 1. The predicted molar refractivity (Wildman–Crippen MR) is 84.2 cm³/mol. The Labute approximate surface area is 133 Å². The van der Waals surface area contributed by atoms with E-state index in [9.17, 15) is 4.79 Å². The number of rotatable bonds is 2. The van der Waals surface area contributed by atoms with Gasteiger partial charge < -0.3 is 4.90 Å². The molecule has 1 aliphatic heterocycles. The SMILES string of the molecule is Cc1nc(C(=O)N2CCc3ncnc(C4CC4)c3CC2)cs1. The summed E-state index contributed by atoms with van der Waals surface area (Å²) in [7, 11) is 0. The van der Waals surface area contributed by atoms with Gasteiger partial charge >= 0.3 is 0 Å². The molecule has 0 unspecified atom stereocenters. The van der Waals surface area contributed by atoms with E-state index >= 15 is 0 Å². The van der Waals surface area contributed by atoms with Crippen LogP contribution < -0.4 is 0 Å². The van der Waals surface area contributed by atoms with Crippen LogP contribution in [0, 0.1) is 6.92 Å². The number of fused-ring (bicyclic) bond motifs is 1. The normalized spacial score (nSPS) is 18.0. The summed E-state index contributed by atoms with van der Waals surface area (Å²) in [6.07, 6.45) is 5.84. The summed E-state index contributed by atoms with van der Waals surface area (Å²) in [5.41, 5.74) is 4.21. The molecule has 1 aliphatic carbocycles. The van der Waals surface area contributed by atoms with E-state index in [0.29, 0.717) is 18.2 Å². The van der Waals surface area contributed by atoms with E-state index in [4.69, 9.17) is 0 Å². The quantitative estimate of drug-likeness (QED) is 0.854. The van der Waals surface area contributed by atoms with E-state index in [-0.39, 0.29) is 5.91 Å². The largest absolute Gasteiger partial charge is 0.337 e. The molecule has 2 aromatic heterocycles. The highest BCUT2D eigenvalue weighted by atomic mass is 32.1. The molecule has 0 aromatic carbocycles. The average Bonchev–Trinajstić information content (AvgIpc) is 3.31. The zero-order valence-electron chi connectivity index (χ0n) is 12.6. The van der Waals surface area contributed by atoms with Gasteiger partial charge in [0.25, 0.3) is 5.91 Å². The third-order valence-electron chi connectivity index (χ3n) is 4.41. The number of thiazole rings is 1. The maximum absolute atomic E-state index is 12.6. The van der Waals surface area contributed by atoms with Crippen LogP contribution in [0.2, 0.25) is 0 Å². The van der Waals surface area contributed by atoms with Crippen LogP contribution in [0.15, 0.2) is 11.7 Å². The van der Waals surface area contributed by atoms with Gasteiger partial charge in [-0.25, -0.2) is 15.0 Å². The first kappa shape index (κ1) is 13.8. The Hall–Kier alpha value is -1.82. The molecule has 2 aromatic rings. The number of aromatic nitrogens is 3. The Morgan fingerprint density at radius 3 is 2.82 bits per heavy atom. The van der Waals surface area contributed by atoms with Crippen molar-refractivity contribution >= 4 is 17.2 Å². The van der Waals surface area contributed by atoms with Gasteiger partial charge in [-0.3, -0.25) is 4.79 Å². The molecule has 1 fully saturated rings. The second-order valence-electron chi connectivity index (χ2n) is 6.00. The van der Waals surface area contributed by atoms with Crippen molar-refractivity contribution in [1.82, 2.24) is 19.9 Å². The molecule has 3 heterocycles. The maximum atomic E-state index is 12.6. The summed E-state index contributed by atoms with van der Waals surface area (Å²) in [5, 5.41) is 2.79. The van der Waals surface area contributed by atoms with Crippen LogP contribution in [0.1, 0.15) is 51.2 Å². The Kier molecular flexibility index (Phi) is 3.41. The summed E-state index contributed by atoms with van der Waals surface area (Å²) in [4.78, 5) is 27.8. The summed E-state index contributed by atoms with van der Waals surface area (Å²) < 4.78 is 0. The summed E-state index contributed by atoms with van der Waals surface area (Å²) in [5.74, 6) is 0.665. The molecule has 114 valence electrons. The van der Waals surface area contributed by atoms with Gasteiger partial charge in [0.05, 0.1) is 10.7 Å². The number of amides is 1. The molecule has 1 saturated carbocycles. The standard InChI is InChI=1S/C16H18N4OS/c1-10-19-14(8-22-10)16(21)20-6-4-12-13(5-7-20)17-9-18-15(12)11-2-3-11/h8-9,11H,2-7H2,1H3. The minimum atomic E-state index is 0.0399. The molecule has 0 atom stereocenters. The van der Waals surface area contributed by atoms with Gasteiger partial charge in [0.1, 0.15) is 12.0 Å². The van der Waals surface area contributed by atoms with Crippen molar-refractivity contribution in [3.63, 3.8) is 0 Å². The third-order valence-corrected chi connectivity index (χ3v) is 5.18. The van der Waals surface area contributed by atoms with Gasteiger partial charge in [-0.15, -0.1) is 11.3 Å². The Morgan fingerprint density at radius 1 is 1.27 bits per heavy atom. The highest BCUT2D eigenvalue weighted by Crippen LogP contribution is 2.41. The topological polar surface area (TPSA) is 59.0 Å². The first-order valence-electron chi connectivity index (χ1n) is 7.76. The summed E-state index contributed by atoms with van der Waals surface area (Å²) in [6.45, 7) is 3.37. The molecular formula is C16H18N4OS. The first-order chi connectivity index (χ1) is 10.7. The van der Waals surface area contributed by atoms with Crippen molar-refractivity contribution < 1.29 is 4.79 Å². The fraction of sp³-hybridized carbons (Fsp3) is 0.500. The molecule has 6 heteroatoms. The fourth-order valence-electron chi connectivity index (χ4n) is 3.09. The molecular weight excluding hydrogens is 296 g/mol. The minimum Gasteiger partial charge on any atom is -0.337 e. The molecule has 0 saturated heterocycles. The maximum Gasteiger partial charge on any atom is 0.273 e. The van der Waals surface area contributed by atoms with Crippen LogP contribution in [0.5, 0.6) is 0 Å². The van der Waals surface area contributed by atoms with Gasteiger partial charge in [0.15, 0.2) is 0 Å². The molecule has 5 nitrogen and oxygen atoms in total. The van der Waals surface area contributed by atoms with Crippen LogP contribution in [-0.2, 0) is 12.8 Å². The van der Waals surface area contributed by atoms with Gasteiger partial charge in [-0.05, 0) is 31.7 Å². The van der Waals surface area contributed by atoms with Gasteiger partial charge in [-0.1, -0.05) is 0 Å². The second kappa shape index (κ2) is 5.43. The Morgan fingerprint density at radius 2 is 2.09 bits per heavy atom. The van der Waals surface area contributed by atoms with Crippen molar-refractivity contribution in [2.75, 3.05) is 13.1 Å². The molecule has 0 N–H and O–H groups in total. The number of carbonyl (C=O) groups excluding carboxylic acids is 1. The summed E-state index contributed by atoms with van der Waals surface area (Å²) >= 11 is 1.52. The lowest BCUT2D eigenvalue weighted by atomic mass is 10.0.